The van der Waals surface area contributed by atoms with Crippen LogP contribution in [0.15, 0.2) is 18.3 Å². The van der Waals surface area contributed by atoms with Gasteiger partial charge >= 0.3 is 0 Å². The molecule has 0 spiro atoms. The summed E-state index contributed by atoms with van der Waals surface area (Å²) >= 11 is 5.27. The standard InChI is InChI=1S/C7H9ClN2O/c8-4-7(11)10-5-6-2-1-3-9-6/h1-3,9H,4-5H2,(H,10,11). The number of amides is 1. The molecule has 60 valence electrons. The van der Waals surface area contributed by atoms with Crippen LogP contribution >= 0.6 is 11.6 Å². The molecule has 0 aliphatic rings. The molecule has 0 aromatic carbocycles. The van der Waals surface area contributed by atoms with Crippen molar-refractivity contribution in [2.45, 2.75) is 6.54 Å². The molecule has 1 aromatic rings. The molecule has 0 aliphatic heterocycles. The van der Waals surface area contributed by atoms with Crippen molar-refractivity contribution in [3.63, 3.8) is 0 Å². The lowest BCUT2D eigenvalue weighted by Gasteiger charge is -1.98. The maximum Gasteiger partial charge on any atom is 0.235 e. The zero-order chi connectivity index (χ0) is 8.10. The van der Waals surface area contributed by atoms with Gasteiger partial charge < -0.3 is 10.3 Å². The van der Waals surface area contributed by atoms with E-state index < -0.39 is 0 Å². The smallest absolute Gasteiger partial charge is 0.235 e. The molecule has 0 aliphatic carbocycles. The van der Waals surface area contributed by atoms with E-state index >= 15 is 0 Å². The molecule has 0 atom stereocenters. The van der Waals surface area contributed by atoms with E-state index in [0.29, 0.717) is 6.54 Å². The number of aromatic nitrogens is 1. The van der Waals surface area contributed by atoms with Crippen LogP contribution in [0.25, 0.3) is 0 Å². The molecule has 1 rings (SSSR count). The van der Waals surface area contributed by atoms with E-state index in [1.807, 2.05) is 18.3 Å². The van der Waals surface area contributed by atoms with Crippen molar-refractivity contribution >= 4 is 17.5 Å². The van der Waals surface area contributed by atoms with Crippen LogP contribution in [-0.4, -0.2) is 16.8 Å². The number of rotatable bonds is 3. The Bertz CT molecular complexity index is 220. The first kappa shape index (κ1) is 8.14. The second-order valence-electron chi connectivity index (χ2n) is 2.11. The van der Waals surface area contributed by atoms with Crippen molar-refractivity contribution in [1.29, 1.82) is 0 Å². The summed E-state index contributed by atoms with van der Waals surface area (Å²) in [6.07, 6.45) is 1.81. The predicted molar refractivity (Wildman–Crippen MR) is 43.4 cm³/mol. The number of alkyl halides is 1. The SMILES string of the molecule is O=C(CCl)NCc1ccc[nH]1. The highest BCUT2D eigenvalue weighted by atomic mass is 35.5. The number of hydrogen-bond donors (Lipinski definition) is 2. The predicted octanol–water partition coefficient (Wildman–Crippen LogP) is 0.870. The Balaban J connectivity index is 2.29. The molecule has 4 heteroatoms. The topological polar surface area (TPSA) is 44.9 Å². The van der Waals surface area contributed by atoms with Gasteiger partial charge in [-0.25, -0.2) is 0 Å². The maximum absolute atomic E-state index is 10.7. The van der Waals surface area contributed by atoms with Crippen molar-refractivity contribution in [3.05, 3.63) is 24.0 Å². The van der Waals surface area contributed by atoms with Crippen molar-refractivity contribution in [1.82, 2.24) is 10.3 Å². The van der Waals surface area contributed by atoms with E-state index in [-0.39, 0.29) is 11.8 Å². The fraction of sp³-hybridized carbons (Fsp3) is 0.286. The van der Waals surface area contributed by atoms with Crippen LogP contribution in [0.3, 0.4) is 0 Å². The minimum absolute atomic E-state index is 0.0146. The lowest BCUT2D eigenvalue weighted by atomic mass is 10.4. The Hall–Kier alpha value is -0.960. The lowest BCUT2D eigenvalue weighted by molar-refractivity contribution is -0.118. The Morgan fingerprint density at radius 3 is 3.09 bits per heavy atom. The zero-order valence-electron chi connectivity index (χ0n) is 5.93. The summed E-state index contributed by atoms with van der Waals surface area (Å²) in [6.45, 7) is 0.512. The van der Waals surface area contributed by atoms with Gasteiger partial charge in [0, 0.05) is 11.9 Å². The number of nitrogens with one attached hydrogen (secondary N) is 2. The molecule has 0 unspecified atom stereocenters. The third kappa shape index (κ3) is 2.63. The molecule has 1 heterocycles. The minimum Gasteiger partial charge on any atom is -0.364 e. The summed E-state index contributed by atoms with van der Waals surface area (Å²) in [5, 5.41) is 2.63. The largest absolute Gasteiger partial charge is 0.364 e. The molecule has 0 fully saturated rings. The summed E-state index contributed by atoms with van der Waals surface area (Å²) in [6, 6.07) is 3.77. The van der Waals surface area contributed by atoms with Gasteiger partial charge in [-0.3, -0.25) is 4.79 Å². The van der Waals surface area contributed by atoms with E-state index in [4.69, 9.17) is 11.6 Å². The Kier molecular flexibility index (Phi) is 2.98. The van der Waals surface area contributed by atoms with Crippen LogP contribution in [0.2, 0.25) is 0 Å². The summed E-state index contributed by atoms with van der Waals surface area (Å²) in [5.74, 6) is -0.137. The van der Waals surface area contributed by atoms with Gasteiger partial charge in [0.1, 0.15) is 5.88 Å². The molecule has 3 nitrogen and oxygen atoms in total. The van der Waals surface area contributed by atoms with Crippen molar-refractivity contribution in [2.24, 2.45) is 0 Å². The van der Waals surface area contributed by atoms with Gasteiger partial charge in [-0.05, 0) is 12.1 Å². The second kappa shape index (κ2) is 4.03. The average Bonchev–Trinajstić information content (AvgIpc) is 2.52. The highest BCUT2D eigenvalue weighted by Gasteiger charge is 1.97. The molecule has 1 amide bonds. The normalized spacial score (nSPS) is 9.55. The molecular formula is C7H9ClN2O. The van der Waals surface area contributed by atoms with E-state index in [2.05, 4.69) is 10.3 Å². The maximum atomic E-state index is 10.7. The van der Waals surface area contributed by atoms with Crippen LogP contribution < -0.4 is 5.32 Å². The third-order valence-electron chi connectivity index (χ3n) is 1.26. The van der Waals surface area contributed by atoms with E-state index in [9.17, 15) is 4.79 Å². The zero-order valence-corrected chi connectivity index (χ0v) is 6.69. The first-order valence-electron chi connectivity index (χ1n) is 3.28. The molecular weight excluding hydrogens is 164 g/mol. The van der Waals surface area contributed by atoms with Gasteiger partial charge in [0.2, 0.25) is 5.91 Å². The van der Waals surface area contributed by atoms with Crippen molar-refractivity contribution in [2.75, 3.05) is 5.88 Å². The molecule has 0 saturated carbocycles. The van der Waals surface area contributed by atoms with Gasteiger partial charge in [-0.2, -0.15) is 0 Å². The first-order valence-corrected chi connectivity index (χ1v) is 3.81. The highest BCUT2D eigenvalue weighted by molar-refractivity contribution is 6.27. The fourth-order valence-corrected chi connectivity index (χ4v) is 0.813. The minimum atomic E-state index is -0.152. The monoisotopic (exact) mass is 172 g/mol. The number of carbonyl (C=O) groups is 1. The van der Waals surface area contributed by atoms with Crippen LogP contribution in [-0.2, 0) is 11.3 Å². The molecule has 0 radical (unpaired) electrons. The lowest BCUT2D eigenvalue weighted by Crippen LogP contribution is -2.23. The molecule has 0 saturated heterocycles. The van der Waals surface area contributed by atoms with Crippen LogP contribution in [0, 0.1) is 0 Å². The van der Waals surface area contributed by atoms with E-state index in [0.717, 1.165) is 5.69 Å². The van der Waals surface area contributed by atoms with Crippen LogP contribution in [0.4, 0.5) is 0 Å². The van der Waals surface area contributed by atoms with Crippen LogP contribution in [0.5, 0.6) is 0 Å². The van der Waals surface area contributed by atoms with Gasteiger partial charge in [-0.15, -0.1) is 11.6 Å². The third-order valence-corrected chi connectivity index (χ3v) is 1.50. The Morgan fingerprint density at radius 1 is 1.73 bits per heavy atom. The van der Waals surface area contributed by atoms with Gasteiger partial charge in [0.15, 0.2) is 0 Å². The number of carbonyl (C=O) groups excluding carboxylic acids is 1. The second-order valence-corrected chi connectivity index (χ2v) is 2.37. The summed E-state index contributed by atoms with van der Waals surface area (Å²) < 4.78 is 0. The number of H-pyrrole nitrogens is 1. The summed E-state index contributed by atoms with van der Waals surface area (Å²) in [5.41, 5.74) is 0.975. The number of aromatic amines is 1. The molecule has 2 N–H and O–H groups in total. The number of hydrogen-bond acceptors (Lipinski definition) is 1. The Morgan fingerprint density at radius 2 is 2.55 bits per heavy atom. The highest BCUT2D eigenvalue weighted by Crippen LogP contribution is 1.92. The van der Waals surface area contributed by atoms with Gasteiger partial charge in [0.25, 0.3) is 0 Å². The van der Waals surface area contributed by atoms with Crippen LogP contribution in [0.1, 0.15) is 5.69 Å². The fourth-order valence-electron chi connectivity index (χ4n) is 0.719. The summed E-state index contributed by atoms with van der Waals surface area (Å²) in [4.78, 5) is 13.6. The number of halogens is 1. The molecule has 1 aromatic heterocycles. The van der Waals surface area contributed by atoms with Gasteiger partial charge in [-0.1, -0.05) is 0 Å². The van der Waals surface area contributed by atoms with Crippen molar-refractivity contribution in [3.8, 4) is 0 Å². The van der Waals surface area contributed by atoms with E-state index in [1.54, 1.807) is 0 Å². The molecule has 0 bridgehead atoms. The average molecular weight is 173 g/mol. The van der Waals surface area contributed by atoms with Crippen molar-refractivity contribution < 1.29 is 4.79 Å². The Labute approximate surface area is 69.8 Å². The first-order chi connectivity index (χ1) is 5.33. The van der Waals surface area contributed by atoms with E-state index in [1.165, 1.54) is 0 Å². The quantitative estimate of drug-likeness (QED) is 0.653. The summed E-state index contributed by atoms with van der Waals surface area (Å²) in [7, 11) is 0. The van der Waals surface area contributed by atoms with Gasteiger partial charge in [0.05, 0.1) is 6.54 Å². The molecule has 11 heavy (non-hydrogen) atoms.